The van der Waals surface area contributed by atoms with Gasteiger partial charge < -0.3 is 0 Å². The molecular formula is C9H19ClI2O. The van der Waals surface area contributed by atoms with Gasteiger partial charge in [-0.15, -0.1) is 24.0 Å². The molecule has 0 aliphatic rings. The molecule has 0 N–H and O–H groups in total. The van der Waals surface area contributed by atoms with E-state index >= 15 is 0 Å². The Morgan fingerprint density at radius 3 is 1.46 bits per heavy atom. The first-order chi connectivity index (χ1) is 5.52. The van der Waals surface area contributed by atoms with E-state index in [4.69, 9.17) is 0 Å². The summed E-state index contributed by atoms with van der Waals surface area (Å²) in [5.41, 5.74) is 0. The molecule has 13 heavy (non-hydrogen) atoms. The third-order valence-corrected chi connectivity index (χ3v) is 1.27. The zero-order valence-electron chi connectivity index (χ0n) is 8.64. The second kappa shape index (κ2) is 13.4. The largest absolute Gasteiger partial charge is 0.300 e. The highest BCUT2D eigenvalue weighted by Gasteiger charge is 2.06. The lowest BCUT2D eigenvalue weighted by atomic mass is 10.00. The maximum Gasteiger partial charge on any atom is 0.133 e. The standard InChI is InChI=1S/C9H18O.ClI.HI/c1-7(2)5-9(10)6-8(3)4;1-2;/h7-8H,5-6H2,1-4H3;;1H. The van der Waals surface area contributed by atoms with Crippen molar-refractivity contribution in [2.45, 2.75) is 40.5 Å². The number of hydrogen-bond donors (Lipinski definition) is 0. The molecule has 0 bridgehead atoms. The highest BCUT2D eigenvalue weighted by Crippen LogP contribution is 2.07. The Balaban J connectivity index is -0.000000309. The average Bonchev–Trinajstić information content (AvgIpc) is 1.87. The van der Waals surface area contributed by atoms with Crippen LogP contribution in [0.5, 0.6) is 0 Å². The Kier molecular flexibility index (Phi) is 20.6. The Bertz CT molecular complexity index is 104. The van der Waals surface area contributed by atoms with Crippen LogP contribution in [-0.4, -0.2) is 5.78 Å². The number of hydrogen-bond acceptors (Lipinski definition) is 1. The third kappa shape index (κ3) is 19.7. The van der Waals surface area contributed by atoms with Crippen LogP contribution < -0.4 is 0 Å². The van der Waals surface area contributed by atoms with Crippen molar-refractivity contribution in [3.8, 4) is 0 Å². The van der Waals surface area contributed by atoms with Gasteiger partial charge in [-0.1, -0.05) is 27.7 Å². The van der Waals surface area contributed by atoms with E-state index in [1.54, 1.807) is 21.5 Å². The Morgan fingerprint density at radius 1 is 1.08 bits per heavy atom. The molecule has 0 saturated heterocycles. The molecule has 4 heteroatoms. The molecule has 0 spiro atoms. The maximum absolute atomic E-state index is 11.1. The molecule has 0 aromatic carbocycles. The number of carbonyl (C=O) groups excluding carboxylic acids is 1. The van der Waals surface area contributed by atoms with Crippen LogP contribution >= 0.6 is 54.3 Å². The predicted molar refractivity (Wildman–Crippen MR) is 79.2 cm³/mol. The van der Waals surface area contributed by atoms with Gasteiger partial charge in [-0.05, 0) is 20.7 Å². The average molecular weight is 433 g/mol. The SMILES string of the molecule is CC(C)CC(=O)CC(C)C.ClI.I. The number of rotatable bonds is 4. The van der Waals surface area contributed by atoms with E-state index in [2.05, 4.69) is 36.6 Å². The monoisotopic (exact) mass is 432 g/mol. The van der Waals surface area contributed by atoms with E-state index in [9.17, 15) is 4.79 Å². The number of ketones is 1. The van der Waals surface area contributed by atoms with Gasteiger partial charge in [0.05, 0.1) is 0 Å². The summed E-state index contributed by atoms with van der Waals surface area (Å²) < 4.78 is 0. The summed E-state index contributed by atoms with van der Waals surface area (Å²) in [5, 5.41) is 0. The molecule has 0 fully saturated rings. The lowest BCUT2D eigenvalue weighted by molar-refractivity contribution is -0.120. The van der Waals surface area contributed by atoms with Crippen molar-refractivity contribution in [1.29, 1.82) is 0 Å². The zero-order chi connectivity index (χ0) is 10.1. The molecule has 0 amide bonds. The Morgan fingerprint density at radius 2 is 1.31 bits per heavy atom. The van der Waals surface area contributed by atoms with E-state index in [0.717, 1.165) is 12.8 Å². The molecule has 0 rings (SSSR count). The first-order valence-electron chi connectivity index (χ1n) is 4.18. The van der Waals surface area contributed by atoms with Gasteiger partial charge in [-0.25, -0.2) is 0 Å². The minimum Gasteiger partial charge on any atom is -0.300 e. The normalized spacial score (nSPS) is 8.92. The Labute approximate surface area is 116 Å². The first-order valence-corrected chi connectivity index (χ1v) is 6.91. The van der Waals surface area contributed by atoms with E-state index in [0.29, 0.717) is 17.6 Å². The van der Waals surface area contributed by atoms with Crippen LogP contribution in [0.2, 0.25) is 0 Å². The summed E-state index contributed by atoms with van der Waals surface area (Å²) in [4.78, 5) is 11.1. The van der Waals surface area contributed by atoms with Crippen molar-refractivity contribution in [3.05, 3.63) is 0 Å². The van der Waals surface area contributed by atoms with Crippen molar-refractivity contribution >= 4 is 60.1 Å². The molecule has 0 aliphatic heterocycles. The van der Waals surface area contributed by atoms with Gasteiger partial charge in [-0.3, -0.25) is 4.79 Å². The van der Waals surface area contributed by atoms with Crippen LogP contribution in [0.3, 0.4) is 0 Å². The van der Waals surface area contributed by atoms with Crippen molar-refractivity contribution in [2.75, 3.05) is 0 Å². The van der Waals surface area contributed by atoms with Gasteiger partial charge >= 0.3 is 0 Å². The lowest BCUT2D eigenvalue weighted by Crippen LogP contribution is -2.05. The molecule has 1 nitrogen and oxygen atoms in total. The molecule has 0 radical (unpaired) electrons. The minimum absolute atomic E-state index is 0. The minimum atomic E-state index is 0. The van der Waals surface area contributed by atoms with Gasteiger partial charge in [0, 0.05) is 34.3 Å². The molecule has 0 aromatic rings. The summed E-state index contributed by atoms with van der Waals surface area (Å²) in [5.74, 6) is 1.45. The smallest absolute Gasteiger partial charge is 0.133 e. The van der Waals surface area contributed by atoms with Crippen LogP contribution in [0.25, 0.3) is 0 Å². The van der Waals surface area contributed by atoms with Gasteiger partial charge in [-0.2, -0.15) is 0 Å². The first kappa shape index (κ1) is 19.9. The summed E-state index contributed by atoms with van der Waals surface area (Å²) >= 11 is 1.62. The quantitative estimate of drug-likeness (QED) is 0.581. The molecule has 0 atom stereocenters. The second-order valence-corrected chi connectivity index (χ2v) is 3.73. The van der Waals surface area contributed by atoms with Crippen LogP contribution in [0.1, 0.15) is 40.5 Å². The lowest BCUT2D eigenvalue weighted by Gasteiger charge is -2.05. The molecule has 0 unspecified atom stereocenters. The van der Waals surface area contributed by atoms with Gasteiger partial charge in [0.2, 0.25) is 0 Å². The van der Waals surface area contributed by atoms with Crippen molar-refractivity contribution in [2.24, 2.45) is 11.8 Å². The van der Waals surface area contributed by atoms with Crippen molar-refractivity contribution in [3.63, 3.8) is 0 Å². The van der Waals surface area contributed by atoms with Gasteiger partial charge in [0.25, 0.3) is 0 Å². The van der Waals surface area contributed by atoms with Gasteiger partial charge in [0.1, 0.15) is 5.78 Å². The number of carbonyl (C=O) groups is 1. The number of Topliss-reactive ketones (excluding diaryl/α,β-unsaturated/α-hetero) is 1. The van der Waals surface area contributed by atoms with Crippen LogP contribution in [0.4, 0.5) is 0 Å². The molecule has 82 valence electrons. The van der Waals surface area contributed by atoms with E-state index in [1.807, 2.05) is 0 Å². The summed E-state index contributed by atoms with van der Waals surface area (Å²) in [7, 11) is 4.61. The van der Waals surface area contributed by atoms with E-state index < -0.39 is 0 Å². The Hall–Kier alpha value is 1.42. The van der Waals surface area contributed by atoms with Crippen molar-refractivity contribution in [1.82, 2.24) is 0 Å². The molecule has 0 aromatic heterocycles. The summed E-state index contributed by atoms with van der Waals surface area (Å²) in [6, 6.07) is 0. The highest BCUT2D eigenvalue weighted by atomic mass is 127. The third-order valence-electron chi connectivity index (χ3n) is 1.27. The fraction of sp³-hybridized carbons (Fsp3) is 0.889. The van der Waals surface area contributed by atoms with Crippen LogP contribution in [0, 0.1) is 11.8 Å². The molecule has 0 aliphatic carbocycles. The summed E-state index contributed by atoms with van der Waals surface area (Å²) in [6.07, 6.45) is 1.50. The van der Waals surface area contributed by atoms with Crippen LogP contribution in [-0.2, 0) is 4.79 Å². The number of halogens is 3. The van der Waals surface area contributed by atoms with Gasteiger partial charge in [0.15, 0.2) is 0 Å². The highest BCUT2D eigenvalue weighted by molar-refractivity contribution is 14.1. The van der Waals surface area contributed by atoms with E-state index in [-0.39, 0.29) is 24.0 Å². The fourth-order valence-electron chi connectivity index (χ4n) is 0.994. The molecule has 0 heterocycles. The fourth-order valence-corrected chi connectivity index (χ4v) is 0.994. The molecular weight excluding hydrogens is 413 g/mol. The van der Waals surface area contributed by atoms with Crippen molar-refractivity contribution < 1.29 is 4.79 Å². The second-order valence-electron chi connectivity index (χ2n) is 3.73. The maximum atomic E-state index is 11.1. The zero-order valence-corrected chi connectivity index (χ0v) is 13.9. The summed E-state index contributed by atoms with van der Waals surface area (Å²) in [6.45, 7) is 8.33. The topological polar surface area (TPSA) is 17.1 Å². The predicted octanol–water partition coefficient (Wildman–Crippen LogP) is 4.84. The van der Waals surface area contributed by atoms with Crippen LogP contribution in [0.15, 0.2) is 0 Å². The molecule has 0 saturated carbocycles. The van der Waals surface area contributed by atoms with E-state index in [1.165, 1.54) is 0 Å².